The van der Waals surface area contributed by atoms with E-state index in [4.69, 9.17) is 19.2 Å². The van der Waals surface area contributed by atoms with Crippen molar-refractivity contribution in [3.05, 3.63) is 60.0 Å². The molecule has 1 aliphatic rings. The number of hydrogen-bond acceptors (Lipinski definition) is 7. The molecular weight excluding hydrogens is 470 g/mol. The highest BCUT2D eigenvalue weighted by Gasteiger charge is 2.51. The second-order valence-corrected chi connectivity index (χ2v) is 7.22. The largest absolute Gasteiger partial charge is 0.491 e. The summed E-state index contributed by atoms with van der Waals surface area (Å²) in [4.78, 5) is 0.670. The molecule has 3 aromatic rings. The van der Waals surface area contributed by atoms with Crippen LogP contribution in [-0.4, -0.2) is 41.9 Å². The van der Waals surface area contributed by atoms with Gasteiger partial charge in [-0.15, -0.1) is 10.2 Å². The van der Waals surface area contributed by atoms with Gasteiger partial charge in [0, 0.05) is 11.3 Å². The first-order valence-electron chi connectivity index (χ1n) is 9.66. The number of anilines is 1. The lowest BCUT2D eigenvalue weighted by atomic mass is 10.1. The van der Waals surface area contributed by atoms with E-state index in [1.165, 1.54) is 6.07 Å². The molecular formula is C21H14F6N4O3. The fourth-order valence-corrected chi connectivity index (χ4v) is 3.43. The Hall–Kier alpha value is -3.79. The third-order valence-corrected chi connectivity index (χ3v) is 4.94. The molecule has 1 aliphatic heterocycles. The van der Waals surface area contributed by atoms with E-state index in [0.717, 1.165) is 18.5 Å². The predicted molar refractivity (Wildman–Crippen MR) is 103 cm³/mol. The Morgan fingerprint density at radius 3 is 2.41 bits per heavy atom. The molecule has 0 aliphatic carbocycles. The standard InChI is InChI=1S/C21H14F6N4O3/c22-20(23,24)17-7-14(4-1-13(17)8-28)31-9-16(34-19(31)21(25,26)27)10-32-15-5-2-12(3-6-15)18-30-29-11-33-18/h1-7,11,16,19H,9-10H2/t16-,19+/m0/s1. The number of benzene rings is 2. The van der Waals surface area contributed by atoms with Crippen LogP contribution in [0.25, 0.3) is 11.5 Å². The zero-order valence-electron chi connectivity index (χ0n) is 17.0. The number of aromatic nitrogens is 2. The molecule has 178 valence electrons. The minimum absolute atomic E-state index is 0.273. The van der Waals surface area contributed by atoms with Gasteiger partial charge in [0.25, 0.3) is 0 Å². The molecule has 2 heterocycles. The molecule has 13 heteroatoms. The number of ether oxygens (including phenoxy) is 2. The van der Waals surface area contributed by atoms with Gasteiger partial charge >= 0.3 is 12.4 Å². The fraction of sp³-hybridized carbons (Fsp3) is 0.286. The van der Waals surface area contributed by atoms with Crippen molar-refractivity contribution >= 4 is 5.69 Å². The summed E-state index contributed by atoms with van der Waals surface area (Å²) >= 11 is 0. The van der Waals surface area contributed by atoms with Crippen LogP contribution in [0.3, 0.4) is 0 Å². The summed E-state index contributed by atoms with van der Waals surface area (Å²) in [5.74, 6) is 0.599. The maximum Gasteiger partial charge on any atom is 0.433 e. The average molecular weight is 484 g/mol. The van der Waals surface area contributed by atoms with Gasteiger partial charge in [-0.05, 0) is 42.5 Å². The van der Waals surface area contributed by atoms with Gasteiger partial charge in [0.05, 0.1) is 23.7 Å². The average Bonchev–Trinajstić information content (AvgIpc) is 3.47. The SMILES string of the molecule is N#Cc1ccc(N2C[C@@H](COc3ccc(-c4nnco4)cc3)O[C@@H]2C(F)(F)F)cc1C(F)(F)F. The maximum atomic E-state index is 13.6. The topological polar surface area (TPSA) is 84.4 Å². The first kappa shape index (κ1) is 23.4. The van der Waals surface area contributed by atoms with Crippen molar-refractivity contribution < 1.29 is 40.2 Å². The molecule has 0 spiro atoms. The summed E-state index contributed by atoms with van der Waals surface area (Å²) in [5.41, 5.74) is -1.79. The quantitative estimate of drug-likeness (QED) is 0.481. The zero-order valence-corrected chi connectivity index (χ0v) is 17.0. The molecule has 1 saturated heterocycles. The van der Waals surface area contributed by atoms with Gasteiger partial charge < -0.3 is 18.8 Å². The first-order chi connectivity index (χ1) is 16.1. The van der Waals surface area contributed by atoms with Crippen molar-refractivity contribution in [3.8, 4) is 23.3 Å². The van der Waals surface area contributed by atoms with E-state index >= 15 is 0 Å². The van der Waals surface area contributed by atoms with E-state index in [1.807, 2.05) is 0 Å². The van der Waals surface area contributed by atoms with Crippen LogP contribution in [-0.2, 0) is 10.9 Å². The normalized spacial score (nSPS) is 18.7. The van der Waals surface area contributed by atoms with Crippen molar-refractivity contribution in [1.29, 1.82) is 5.26 Å². The van der Waals surface area contributed by atoms with Crippen molar-refractivity contribution in [1.82, 2.24) is 10.2 Å². The third kappa shape index (κ3) is 4.91. The predicted octanol–water partition coefficient (Wildman–Crippen LogP) is 4.80. The summed E-state index contributed by atoms with van der Waals surface area (Å²) in [6, 6.07) is 10.1. The molecule has 0 bridgehead atoms. The van der Waals surface area contributed by atoms with Crippen molar-refractivity contribution in [2.24, 2.45) is 0 Å². The van der Waals surface area contributed by atoms with Gasteiger partial charge in [-0.3, -0.25) is 0 Å². The zero-order chi connectivity index (χ0) is 24.5. The Morgan fingerprint density at radius 2 is 1.82 bits per heavy atom. The van der Waals surface area contributed by atoms with Crippen molar-refractivity contribution in [2.75, 3.05) is 18.1 Å². The number of nitrogens with zero attached hydrogens (tertiary/aromatic N) is 4. The molecule has 34 heavy (non-hydrogen) atoms. The summed E-state index contributed by atoms with van der Waals surface area (Å²) in [7, 11) is 0. The van der Waals surface area contributed by atoms with Crippen LogP contribution in [0.5, 0.6) is 5.75 Å². The van der Waals surface area contributed by atoms with Crippen LogP contribution in [0, 0.1) is 11.3 Å². The van der Waals surface area contributed by atoms with Crippen LogP contribution in [0.4, 0.5) is 32.0 Å². The molecule has 2 aromatic carbocycles. The van der Waals surface area contributed by atoms with E-state index in [9.17, 15) is 26.3 Å². The number of nitriles is 1. The van der Waals surface area contributed by atoms with Crippen LogP contribution < -0.4 is 9.64 Å². The summed E-state index contributed by atoms with van der Waals surface area (Å²) in [5, 5.41) is 16.2. The minimum atomic E-state index is -4.91. The second-order valence-electron chi connectivity index (χ2n) is 7.22. The molecule has 2 atom stereocenters. The Kier molecular flexibility index (Phi) is 6.09. The van der Waals surface area contributed by atoms with Crippen molar-refractivity contribution in [2.45, 2.75) is 24.7 Å². The van der Waals surface area contributed by atoms with E-state index < -0.39 is 35.8 Å². The lowest BCUT2D eigenvalue weighted by molar-refractivity contribution is -0.215. The van der Waals surface area contributed by atoms with Crippen molar-refractivity contribution in [3.63, 3.8) is 0 Å². The molecule has 0 saturated carbocycles. The van der Waals surface area contributed by atoms with E-state index in [2.05, 4.69) is 10.2 Å². The van der Waals surface area contributed by atoms with Gasteiger partial charge in [-0.1, -0.05) is 0 Å². The van der Waals surface area contributed by atoms with Crippen LogP contribution in [0.2, 0.25) is 0 Å². The van der Waals surface area contributed by atoms with E-state index in [1.54, 1.807) is 24.3 Å². The van der Waals surface area contributed by atoms with Gasteiger partial charge in [0.1, 0.15) is 18.5 Å². The first-order valence-corrected chi connectivity index (χ1v) is 9.66. The van der Waals surface area contributed by atoms with Crippen LogP contribution in [0.15, 0.2) is 53.3 Å². The Balaban J connectivity index is 1.50. The summed E-state index contributed by atoms with van der Waals surface area (Å²) in [6.07, 6.45) is -12.2. The van der Waals surface area contributed by atoms with Gasteiger partial charge in [-0.25, -0.2) is 0 Å². The molecule has 0 amide bonds. The maximum absolute atomic E-state index is 13.6. The van der Waals surface area contributed by atoms with Crippen LogP contribution in [0.1, 0.15) is 11.1 Å². The monoisotopic (exact) mass is 484 g/mol. The molecule has 4 rings (SSSR count). The highest BCUT2D eigenvalue weighted by Crippen LogP contribution is 2.39. The Bertz CT molecular complexity index is 1170. The second kappa shape index (κ2) is 8.86. The molecule has 0 radical (unpaired) electrons. The Labute approximate surface area is 188 Å². The Morgan fingerprint density at radius 1 is 1.09 bits per heavy atom. The number of alkyl halides is 6. The molecule has 1 fully saturated rings. The highest BCUT2D eigenvalue weighted by atomic mass is 19.4. The highest BCUT2D eigenvalue weighted by molar-refractivity contribution is 5.56. The number of halogens is 6. The van der Waals surface area contributed by atoms with Gasteiger partial charge in [0.15, 0.2) is 0 Å². The lowest BCUT2D eigenvalue weighted by Gasteiger charge is -2.27. The third-order valence-electron chi connectivity index (χ3n) is 4.94. The fourth-order valence-electron chi connectivity index (χ4n) is 3.43. The molecule has 1 aromatic heterocycles. The summed E-state index contributed by atoms with van der Waals surface area (Å²) < 4.78 is 96.3. The number of hydrogen-bond donors (Lipinski definition) is 0. The van der Waals surface area contributed by atoms with E-state index in [-0.39, 0.29) is 24.7 Å². The summed E-state index contributed by atoms with van der Waals surface area (Å²) in [6.45, 7) is -0.668. The van der Waals surface area contributed by atoms with Gasteiger partial charge in [0.2, 0.25) is 18.5 Å². The number of rotatable bonds is 5. The van der Waals surface area contributed by atoms with E-state index in [0.29, 0.717) is 22.3 Å². The minimum Gasteiger partial charge on any atom is -0.491 e. The molecule has 0 N–H and O–H groups in total. The van der Waals surface area contributed by atoms with Crippen LogP contribution >= 0.6 is 0 Å². The smallest absolute Gasteiger partial charge is 0.433 e. The molecule has 7 nitrogen and oxygen atoms in total. The van der Waals surface area contributed by atoms with Gasteiger partial charge in [-0.2, -0.15) is 31.6 Å². The molecule has 0 unspecified atom stereocenters. The lowest BCUT2D eigenvalue weighted by Crippen LogP contribution is -2.42.